The van der Waals surface area contributed by atoms with Crippen molar-refractivity contribution >= 4 is 38.5 Å². The third kappa shape index (κ3) is 6.51. The summed E-state index contributed by atoms with van der Waals surface area (Å²) < 4.78 is 60.8. The topological polar surface area (TPSA) is 126 Å². The standard InChI is InChI=1S/C28H28F2N6O4S/c1-28(2,3)34-27(37)40-21-8-9-36(15-21)26-22-11-17(4-6-24(22)32-16-33-26)18-10-20(14-31-13-18)35-41(38,39)25-7-5-19(29)12-23(25)30/h4-7,10-14,16,21,35H,8-9,15H2,1-3H3,(H,34,37)/t21-/m0/s1. The van der Waals surface area contributed by atoms with Crippen molar-refractivity contribution in [2.24, 2.45) is 0 Å². The lowest BCUT2D eigenvalue weighted by Gasteiger charge is -2.22. The maximum absolute atomic E-state index is 14.1. The summed E-state index contributed by atoms with van der Waals surface area (Å²) >= 11 is 0. The van der Waals surface area contributed by atoms with Gasteiger partial charge in [-0.3, -0.25) is 9.71 Å². The molecule has 1 aliphatic rings. The molecule has 0 saturated carbocycles. The third-order valence-corrected chi connectivity index (χ3v) is 7.73. The third-order valence-electron chi connectivity index (χ3n) is 6.32. The number of ether oxygens (including phenoxy) is 1. The highest BCUT2D eigenvalue weighted by Gasteiger charge is 2.29. The number of hydrogen-bond donors (Lipinski definition) is 2. The van der Waals surface area contributed by atoms with Crippen LogP contribution < -0.4 is 14.9 Å². The van der Waals surface area contributed by atoms with E-state index in [4.69, 9.17) is 4.74 Å². The average molecular weight is 583 g/mol. The Bertz CT molecular complexity index is 1730. The van der Waals surface area contributed by atoms with E-state index in [-0.39, 0.29) is 11.8 Å². The number of fused-ring (bicyclic) bond motifs is 1. The number of carbonyl (C=O) groups is 1. The second kappa shape index (κ2) is 10.9. The molecule has 1 atom stereocenters. The Morgan fingerprint density at radius 1 is 1.05 bits per heavy atom. The number of rotatable bonds is 6. The first-order chi connectivity index (χ1) is 19.4. The van der Waals surface area contributed by atoms with E-state index >= 15 is 0 Å². The molecule has 0 bridgehead atoms. The lowest BCUT2D eigenvalue weighted by molar-refractivity contribution is 0.101. The van der Waals surface area contributed by atoms with Crippen molar-refractivity contribution in [2.75, 3.05) is 22.7 Å². The minimum Gasteiger partial charge on any atom is -0.444 e. The highest BCUT2D eigenvalue weighted by Crippen LogP contribution is 2.32. The Labute approximate surface area is 235 Å². The number of benzene rings is 2. The summed E-state index contributed by atoms with van der Waals surface area (Å²) in [6.07, 6.45) is 4.20. The molecule has 1 saturated heterocycles. The molecule has 5 rings (SSSR count). The molecule has 0 spiro atoms. The summed E-state index contributed by atoms with van der Waals surface area (Å²) in [6.45, 7) is 6.73. The molecule has 1 amide bonds. The predicted octanol–water partition coefficient (Wildman–Crippen LogP) is 4.87. The quantitative estimate of drug-likeness (QED) is 0.330. The second-order valence-electron chi connectivity index (χ2n) is 10.7. The van der Waals surface area contributed by atoms with Crippen molar-refractivity contribution in [3.63, 3.8) is 0 Å². The SMILES string of the molecule is CC(C)(C)NC(=O)O[C@H]1CCN(c2ncnc3ccc(-c4cncc(NS(=O)(=O)c5ccc(F)cc5F)c4)cc23)C1. The molecule has 13 heteroatoms. The van der Waals surface area contributed by atoms with Gasteiger partial charge in [-0.1, -0.05) is 6.07 Å². The molecule has 214 valence electrons. The lowest BCUT2D eigenvalue weighted by atomic mass is 10.0. The van der Waals surface area contributed by atoms with Crippen LogP contribution in [0.3, 0.4) is 0 Å². The number of nitrogens with zero attached hydrogens (tertiary/aromatic N) is 4. The number of carbonyl (C=O) groups excluding carboxylic acids is 1. The Kier molecular flexibility index (Phi) is 7.47. The Morgan fingerprint density at radius 3 is 2.61 bits per heavy atom. The minimum absolute atomic E-state index is 0.101. The van der Waals surface area contributed by atoms with E-state index in [1.165, 1.54) is 12.5 Å². The number of anilines is 2. The lowest BCUT2D eigenvalue weighted by Crippen LogP contribution is -2.42. The van der Waals surface area contributed by atoms with Crippen LogP contribution in [-0.4, -0.2) is 54.2 Å². The summed E-state index contributed by atoms with van der Waals surface area (Å²) in [5.74, 6) is -1.41. The molecule has 2 aromatic heterocycles. The van der Waals surface area contributed by atoms with Gasteiger partial charge in [-0.2, -0.15) is 0 Å². The number of halogens is 2. The van der Waals surface area contributed by atoms with E-state index in [0.29, 0.717) is 48.0 Å². The van der Waals surface area contributed by atoms with Gasteiger partial charge in [0.1, 0.15) is 34.8 Å². The Balaban J connectivity index is 1.38. The molecule has 1 fully saturated rings. The van der Waals surface area contributed by atoms with Crippen LogP contribution in [0.1, 0.15) is 27.2 Å². The van der Waals surface area contributed by atoms with Crippen molar-refractivity contribution in [3.8, 4) is 11.1 Å². The van der Waals surface area contributed by atoms with Crippen LogP contribution in [0, 0.1) is 11.6 Å². The van der Waals surface area contributed by atoms with Gasteiger partial charge < -0.3 is 15.0 Å². The van der Waals surface area contributed by atoms with Crippen LogP contribution in [0.25, 0.3) is 22.0 Å². The summed E-state index contributed by atoms with van der Waals surface area (Å²) in [5, 5.41) is 3.55. The van der Waals surface area contributed by atoms with Gasteiger partial charge in [-0.15, -0.1) is 0 Å². The second-order valence-corrected chi connectivity index (χ2v) is 12.4. The molecular weight excluding hydrogens is 554 g/mol. The van der Waals surface area contributed by atoms with E-state index in [2.05, 4.69) is 25.0 Å². The molecule has 10 nitrogen and oxygen atoms in total. The van der Waals surface area contributed by atoms with Gasteiger partial charge in [-0.05, 0) is 56.7 Å². The maximum atomic E-state index is 14.1. The van der Waals surface area contributed by atoms with E-state index in [1.54, 1.807) is 12.3 Å². The van der Waals surface area contributed by atoms with Crippen molar-refractivity contribution in [1.82, 2.24) is 20.3 Å². The number of aromatic nitrogens is 3. The van der Waals surface area contributed by atoms with Gasteiger partial charge in [0, 0.05) is 41.7 Å². The number of alkyl carbamates (subject to hydrolysis) is 1. The number of pyridine rings is 1. The van der Waals surface area contributed by atoms with E-state index in [1.807, 2.05) is 43.9 Å². The summed E-state index contributed by atoms with van der Waals surface area (Å²) in [7, 11) is -4.34. The van der Waals surface area contributed by atoms with Crippen LogP contribution in [0.2, 0.25) is 0 Å². The summed E-state index contributed by atoms with van der Waals surface area (Å²) in [4.78, 5) is 26.6. The molecule has 0 radical (unpaired) electrons. The van der Waals surface area contributed by atoms with E-state index in [9.17, 15) is 22.0 Å². The van der Waals surface area contributed by atoms with E-state index < -0.39 is 38.2 Å². The normalized spacial score (nSPS) is 15.6. The van der Waals surface area contributed by atoms with Gasteiger partial charge in [0.15, 0.2) is 0 Å². The summed E-state index contributed by atoms with van der Waals surface area (Å²) in [5.41, 5.74) is 1.70. The minimum atomic E-state index is -4.34. The molecular formula is C28H28F2N6O4S. The molecule has 0 unspecified atom stereocenters. The van der Waals surface area contributed by atoms with Crippen molar-refractivity contribution in [1.29, 1.82) is 0 Å². The Hall–Kier alpha value is -4.39. The first-order valence-corrected chi connectivity index (χ1v) is 14.3. The zero-order valence-electron chi connectivity index (χ0n) is 22.6. The Morgan fingerprint density at radius 2 is 1.85 bits per heavy atom. The molecule has 41 heavy (non-hydrogen) atoms. The van der Waals surface area contributed by atoms with Crippen molar-refractivity contribution in [2.45, 2.75) is 43.7 Å². The number of amides is 1. The van der Waals surface area contributed by atoms with Crippen molar-refractivity contribution < 1.29 is 26.7 Å². The average Bonchev–Trinajstić information content (AvgIpc) is 3.34. The first-order valence-electron chi connectivity index (χ1n) is 12.8. The maximum Gasteiger partial charge on any atom is 0.407 e. The van der Waals surface area contributed by atoms with Crippen LogP contribution in [0.15, 0.2) is 66.1 Å². The fourth-order valence-corrected chi connectivity index (χ4v) is 5.63. The van der Waals surface area contributed by atoms with Crippen LogP contribution in [0.4, 0.5) is 25.1 Å². The predicted molar refractivity (Wildman–Crippen MR) is 150 cm³/mol. The first kappa shape index (κ1) is 28.1. The zero-order chi connectivity index (χ0) is 29.4. The van der Waals surface area contributed by atoms with Crippen LogP contribution in [-0.2, 0) is 14.8 Å². The fraction of sp³-hybridized carbons (Fsp3) is 0.286. The van der Waals surface area contributed by atoms with Gasteiger partial charge in [0.25, 0.3) is 10.0 Å². The smallest absolute Gasteiger partial charge is 0.407 e. The molecule has 0 aliphatic carbocycles. The van der Waals surface area contributed by atoms with Gasteiger partial charge in [0.05, 0.1) is 23.9 Å². The molecule has 2 N–H and O–H groups in total. The zero-order valence-corrected chi connectivity index (χ0v) is 23.4. The van der Waals surface area contributed by atoms with Gasteiger partial charge in [-0.25, -0.2) is 32.0 Å². The van der Waals surface area contributed by atoms with Crippen LogP contribution >= 0.6 is 0 Å². The molecule has 4 aromatic rings. The van der Waals surface area contributed by atoms with Crippen molar-refractivity contribution in [3.05, 3.63) is 72.8 Å². The fourth-order valence-electron chi connectivity index (χ4n) is 4.54. The molecule has 3 heterocycles. The monoisotopic (exact) mass is 582 g/mol. The number of sulfonamides is 1. The molecule has 2 aromatic carbocycles. The number of hydrogen-bond acceptors (Lipinski definition) is 8. The highest BCUT2D eigenvalue weighted by atomic mass is 32.2. The van der Waals surface area contributed by atoms with Gasteiger partial charge in [0.2, 0.25) is 0 Å². The number of nitrogens with one attached hydrogen (secondary N) is 2. The summed E-state index contributed by atoms with van der Waals surface area (Å²) in [6, 6.07) is 9.32. The largest absolute Gasteiger partial charge is 0.444 e. The van der Waals surface area contributed by atoms with Gasteiger partial charge >= 0.3 is 6.09 Å². The van der Waals surface area contributed by atoms with Crippen LogP contribution in [0.5, 0.6) is 0 Å². The molecule has 1 aliphatic heterocycles. The van der Waals surface area contributed by atoms with E-state index in [0.717, 1.165) is 17.5 Å². The highest BCUT2D eigenvalue weighted by molar-refractivity contribution is 7.92.